The van der Waals surface area contributed by atoms with Crippen LogP contribution in [0.5, 0.6) is 0 Å². The van der Waals surface area contributed by atoms with E-state index in [4.69, 9.17) is 0 Å². The van der Waals surface area contributed by atoms with Crippen LogP contribution in [0.2, 0.25) is 0 Å². The molecule has 12 heavy (non-hydrogen) atoms. The maximum Gasteiger partial charge on any atom is 0.136 e. The van der Waals surface area contributed by atoms with E-state index in [0.717, 1.165) is 12.6 Å². The highest BCUT2D eigenvalue weighted by atomic mass is 16.1. The van der Waals surface area contributed by atoms with E-state index in [1.807, 2.05) is 13.8 Å². The maximum absolute atomic E-state index is 11.2. The molecule has 0 saturated heterocycles. The first-order chi connectivity index (χ1) is 5.43. The Morgan fingerprint density at radius 3 is 2.33 bits per heavy atom. The van der Waals surface area contributed by atoms with Crippen molar-refractivity contribution < 1.29 is 4.79 Å². The minimum absolute atomic E-state index is 0.169. The Labute approximate surface area is 74.9 Å². The number of carbonyl (C=O) groups excluding carboxylic acids is 1. The molecular formula is C10H19NO. The Morgan fingerprint density at radius 1 is 1.50 bits per heavy atom. The first-order valence-electron chi connectivity index (χ1n) is 4.65. The summed E-state index contributed by atoms with van der Waals surface area (Å²) in [6.45, 7) is 6.62. The Morgan fingerprint density at radius 2 is 2.00 bits per heavy atom. The monoisotopic (exact) mass is 169 g/mol. The molecule has 1 aliphatic rings. The molecule has 1 aliphatic carbocycles. The Hall–Kier alpha value is -0.370. The Balaban J connectivity index is 2.42. The molecule has 0 heterocycles. The maximum atomic E-state index is 11.2. The van der Waals surface area contributed by atoms with Crippen molar-refractivity contribution in [2.24, 2.45) is 5.41 Å². The second kappa shape index (κ2) is 3.17. The van der Waals surface area contributed by atoms with Gasteiger partial charge in [-0.2, -0.15) is 0 Å². The fourth-order valence-corrected chi connectivity index (χ4v) is 1.38. The number of rotatable bonds is 4. The van der Waals surface area contributed by atoms with Gasteiger partial charge in [0, 0.05) is 18.0 Å². The van der Waals surface area contributed by atoms with Crippen molar-refractivity contribution in [3.8, 4) is 0 Å². The van der Waals surface area contributed by atoms with Gasteiger partial charge in [0.1, 0.15) is 5.78 Å². The van der Waals surface area contributed by atoms with Crippen molar-refractivity contribution in [3.05, 3.63) is 0 Å². The zero-order chi connectivity index (χ0) is 9.35. The molecule has 0 amide bonds. The van der Waals surface area contributed by atoms with Crippen LogP contribution in [-0.2, 0) is 4.79 Å². The molecule has 70 valence electrons. The largest absolute Gasteiger partial charge is 0.302 e. The highest BCUT2D eigenvalue weighted by Gasteiger charge is 2.32. The molecule has 0 radical (unpaired) electrons. The third-order valence-electron chi connectivity index (χ3n) is 2.77. The smallest absolute Gasteiger partial charge is 0.136 e. The third kappa shape index (κ3) is 2.31. The van der Waals surface area contributed by atoms with Gasteiger partial charge >= 0.3 is 0 Å². The molecule has 0 aromatic rings. The van der Waals surface area contributed by atoms with E-state index >= 15 is 0 Å². The van der Waals surface area contributed by atoms with Crippen LogP contribution in [0.4, 0.5) is 0 Å². The van der Waals surface area contributed by atoms with E-state index in [1.165, 1.54) is 12.8 Å². The van der Waals surface area contributed by atoms with Gasteiger partial charge in [0.05, 0.1) is 0 Å². The molecule has 0 bridgehead atoms. The number of carbonyl (C=O) groups is 1. The number of ketones is 1. The van der Waals surface area contributed by atoms with Crippen LogP contribution in [0.15, 0.2) is 0 Å². The van der Waals surface area contributed by atoms with Gasteiger partial charge in [-0.3, -0.25) is 4.79 Å². The van der Waals surface area contributed by atoms with Crippen LogP contribution in [0.1, 0.15) is 33.6 Å². The minimum atomic E-state index is -0.169. The third-order valence-corrected chi connectivity index (χ3v) is 2.77. The molecule has 1 saturated carbocycles. The van der Waals surface area contributed by atoms with Gasteiger partial charge in [0.15, 0.2) is 0 Å². The van der Waals surface area contributed by atoms with Crippen molar-refractivity contribution in [1.29, 1.82) is 0 Å². The molecule has 2 heteroatoms. The zero-order valence-electron chi connectivity index (χ0n) is 8.55. The summed E-state index contributed by atoms with van der Waals surface area (Å²) in [4.78, 5) is 13.5. The van der Waals surface area contributed by atoms with Crippen molar-refractivity contribution in [1.82, 2.24) is 4.90 Å². The van der Waals surface area contributed by atoms with Gasteiger partial charge in [-0.25, -0.2) is 0 Å². The highest BCUT2D eigenvalue weighted by Crippen LogP contribution is 2.28. The van der Waals surface area contributed by atoms with E-state index in [1.54, 1.807) is 6.92 Å². The van der Waals surface area contributed by atoms with Crippen molar-refractivity contribution in [3.63, 3.8) is 0 Å². The second-order valence-corrected chi connectivity index (χ2v) is 4.59. The molecule has 2 nitrogen and oxygen atoms in total. The lowest BCUT2D eigenvalue weighted by Crippen LogP contribution is -2.37. The first-order valence-corrected chi connectivity index (χ1v) is 4.65. The SMILES string of the molecule is CC(=O)C(C)(C)CN(C)C1CC1. The summed E-state index contributed by atoms with van der Waals surface area (Å²) in [5, 5.41) is 0. The lowest BCUT2D eigenvalue weighted by Gasteiger charge is -2.27. The molecule has 0 unspecified atom stereocenters. The van der Waals surface area contributed by atoms with Gasteiger partial charge in [-0.05, 0) is 26.8 Å². The average molecular weight is 169 g/mol. The van der Waals surface area contributed by atoms with Gasteiger partial charge in [-0.1, -0.05) is 13.8 Å². The Bertz CT molecular complexity index is 182. The number of hydrogen-bond donors (Lipinski definition) is 0. The average Bonchev–Trinajstić information content (AvgIpc) is 2.65. The lowest BCUT2D eigenvalue weighted by atomic mass is 9.88. The quantitative estimate of drug-likeness (QED) is 0.638. The molecule has 0 aromatic heterocycles. The fraction of sp³-hybridized carbons (Fsp3) is 0.900. The topological polar surface area (TPSA) is 20.3 Å². The molecular weight excluding hydrogens is 150 g/mol. The van der Waals surface area contributed by atoms with E-state index < -0.39 is 0 Å². The molecule has 0 N–H and O–H groups in total. The van der Waals surface area contributed by atoms with Gasteiger partial charge < -0.3 is 4.90 Å². The van der Waals surface area contributed by atoms with Crippen molar-refractivity contribution in [2.45, 2.75) is 39.7 Å². The van der Waals surface area contributed by atoms with Crippen molar-refractivity contribution >= 4 is 5.78 Å². The second-order valence-electron chi connectivity index (χ2n) is 4.59. The van der Waals surface area contributed by atoms with Crippen LogP contribution in [0.3, 0.4) is 0 Å². The number of hydrogen-bond acceptors (Lipinski definition) is 2. The van der Waals surface area contributed by atoms with E-state index in [9.17, 15) is 4.79 Å². The van der Waals surface area contributed by atoms with Crippen LogP contribution in [-0.4, -0.2) is 30.3 Å². The van der Waals surface area contributed by atoms with E-state index in [2.05, 4.69) is 11.9 Å². The zero-order valence-corrected chi connectivity index (χ0v) is 8.55. The van der Waals surface area contributed by atoms with E-state index in [-0.39, 0.29) is 11.2 Å². The molecule has 0 aliphatic heterocycles. The summed E-state index contributed by atoms with van der Waals surface area (Å²) in [7, 11) is 2.11. The van der Waals surface area contributed by atoms with Gasteiger partial charge in [0.25, 0.3) is 0 Å². The van der Waals surface area contributed by atoms with Crippen molar-refractivity contribution in [2.75, 3.05) is 13.6 Å². The summed E-state index contributed by atoms with van der Waals surface area (Å²) < 4.78 is 0. The number of Topliss-reactive ketones (excluding diaryl/α,β-unsaturated/α-hetero) is 1. The summed E-state index contributed by atoms with van der Waals surface area (Å²) in [5.41, 5.74) is -0.169. The van der Waals surface area contributed by atoms with E-state index in [0.29, 0.717) is 0 Å². The van der Waals surface area contributed by atoms with Gasteiger partial charge in [0.2, 0.25) is 0 Å². The minimum Gasteiger partial charge on any atom is -0.302 e. The summed E-state index contributed by atoms with van der Waals surface area (Å²) >= 11 is 0. The Kier molecular flexibility index (Phi) is 2.57. The predicted molar refractivity (Wildman–Crippen MR) is 50.1 cm³/mol. The first kappa shape index (κ1) is 9.72. The molecule has 0 aromatic carbocycles. The normalized spacial score (nSPS) is 18.4. The lowest BCUT2D eigenvalue weighted by molar-refractivity contribution is -0.125. The van der Waals surface area contributed by atoms with Crippen LogP contribution in [0, 0.1) is 5.41 Å². The van der Waals surface area contributed by atoms with Crippen LogP contribution >= 0.6 is 0 Å². The molecule has 0 atom stereocenters. The summed E-state index contributed by atoms with van der Waals surface area (Å²) in [5.74, 6) is 0.287. The summed E-state index contributed by atoms with van der Waals surface area (Å²) in [6, 6.07) is 0.753. The summed E-state index contributed by atoms with van der Waals surface area (Å²) in [6.07, 6.45) is 2.62. The highest BCUT2D eigenvalue weighted by molar-refractivity contribution is 5.81. The standard InChI is InChI=1S/C10H19NO/c1-8(12)10(2,3)7-11(4)9-5-6-9/h9H,5-7H2,1-4H3. The molecule has 1 fully saturated rings. The van der Waals surface area contributed by atoms with Crippen LogP contribution < -0.4 is 0 Å². The molecule has 0 spiro atoms. The number of nitrogens with zero attached hydrogens (tertiary/aromatic N) is 1. The molecule has 1 rings (SSSR count). The van der Waals surface area contributed by atoms with Crippen LogP contribution in [0.25, 0.3) is 0 Å². The van der Waals surface area contributed by atoms with Gasteiger partial charge in [-0.15, -0.1) is 0 Å². The predicted octanol–water partition coefficient (Wildman–Crippen LogP) is 1.70. The fourth-order valence-electron chi connectivity index (χ4n) is 1.38.